The van der Waals surface area contributed by atoms with Crippen LogP contribution in [-0.2, 0) is 14.8 Å². The average molecular weight is 424 g/mol. The number of pyridine rings is 1. The number of hydrogen-bond donors (Lipinski definition) is 2. The number of hydrogen-bond acceptors (Lipinski definition) is 6. The third kappa shape index (κ3) is 7.26. The fourth-order valence-electron chi connectivity index (χ4n) is 2.59. The molecule has 0 saturated heterocycles. The summed E-state index contributed by atoms with van der Waals surface area (Å²) in [7, 11) is -3.74. The second kappa shape index (κ2) is 9.51. The summed E-state index contributed by atoms with van der Waals surface area (Å²) in [6, 6.07) is 6.55. The number of aliphatic hydroxyl groups excluding tert-OH is 1. The molecule has 1 atom stereocenters. The van der Waals surface area contributed by atoms with Crippen molar-refractivity contribution in [3.63, 3.8) is 0 Å². The lowest BCUT2D eigenvalue weighted by Gasteiger charge is -2.27. The third-order valence-electron chi connectivity index (χ3n) is 4.06. The quantitative estimate of drug-likeness (QED) is 0.675. The highest BCUT2D eigenvalue weighted by atomic mass is 32.2. The summed E-state index contributed by atoms with van der Waals surface area (Å²) in [6.07, 6.45) is 2.51. The summed E-state index contributed by atoms with van der Waals surface area (Å²) >= 11 is 0. The van der Waals surface area contributed by atoms with Crippen LogP contribution in [0.2, 0.25) is 0 Å². The Balaban J connectivity index is 2.04. The maximum atomic E-state index is 12.6. The second-order valence-electron chi connectivity index (χ2n) is 7.89. The molecule has 1 unspecified atom stereocenters. The fourth-order valence-corrected chi connectivity index (χ4v) is 3.65. The number of benzene rings is 1. The van der Waals surface area contributed by atoms with Crippen LogP contribution in [-0.4, -0.2) is 60.8 Å². The predicted molar refractivity (Wildman–Crippen MR) is 111 cm³/mol. The number of nitrogens with zero attached hydrogens (tertiary/aromatic N) is 2. The molecule has 1 amide bonds. The van der Waals surface area contributed by atoms with Crippen molar-refractivity contribution in [2.45, 2.75) is 50.7 Å². The van der Waals surface area contributed by atoms with Gasteiger partial charge >= 0.3 is 6.09 Å². The van der Waals surface area contributed by atoms with Gasteiger partial charge in [-0.2, -0.15) is 0 Å². The molecule has 0 aliphatic heterocycles. The zero-order valence-electron chi connectivity index (χ0n) is 17.3. The van der Waals surface area contributed by atoms with Crippen LogP contribution in [0.4, 0.5) is 4.79 Å². The standard InChI is InChI=1S/C20H29N3O5S/c1-15(24)8-11-23(19(25)28-20(2,3)4)12-10-22-29(26,27)18-6-5-17-14-21-9-7-16(17)13-18/h5-7,9,13-15,22,24H,8,10-12H2,1-4H3. The van der Waals surface area contributed by atoms with Crippen molar-refractivity contribution in [2.75, 3.05) is 19.6 Å². The smallest absolute Gasteiger partial charge is 0.410 e. The van der Waals surface area contributed by atoms with E-state index >= 15 is 0 Å². The Hall–Kier alpha value is -2.23. The van der Waals surface area contributed by atoms with Crippen molar-refractivity contribution in [1.29, 1.82) is 0 Å². The maximum Gasteiger partial charge on any atom is 0.410 e. The molecule has 9 heteroatoms. The lowest BCUT2D eigenvalue weighted by molar-refractivity contribution is 0.0230. The van der Waals surface area contributed by atoms with E-state index in [1.165, 1.54) is 11.0 Å². The topological polar surface area (TPSA) is 109 Å². The average Bonchev–Trinajstić information content (AvgIpc) is 2.62. The first-order valence-corrected chi connectivity index (χ1v) is 11.0. The van der Waals surface area contributed by atoms with Gasteiger partial charge in [0, 0.05) is 37.4 Å². The number of aromatic nitrogens is 1. The zero-order valence-corrected chi connectivity index (χ0v) is 18.1. The van der Waals surface area contributed by atoms with Gasteiger partial charge in [-0.25, -0.2) is 17.9 Å². The van der Waals surface area contributed by atoms with Crippen molar-refractivity contribution >= 4 is 26.9 Å². The van der Waals surface area contributed by atoms with Crippen molar-refractivity contribution in [3.8, 4) is 0 Å². The summed E-state index contributed by atoms with van der Waals surface area (Å²) < 4.78 is 33.1. The molecule has 2 aromatic rings. The van der Waals surface area contributed by atoms with E-state index in [4.69, 9.17) is 4.74 Å². The Labute approximate surface area is 171 Å². The molecule has 0 saturated carbocycles. The van der Waals surface area contributed by atoms with Gasteiger partial charge in [0.1, 0.15) is 5.60 Å². The number of carbonyl (C=O) groups is 1. The van der Waals surface area contributed by atoms with Gasteiger partial charge in [-0.1, -0.05) is 6.07 Å². The molecule has 0 fully saturated rings. The molecule has 2 N–H and O–H groups in total. The molecule has 8 nitrogen and oxygen atoms in total. The van der Waals surface area contributed by atoms with E-state index in [0.717, 1.165) is 10.8 Å². The third-order valence-corrected chi connectivity index (χ3v) is 5.52. The Morgan fingerprint density at radius 2 is 1.97 bits per heavy atom. The molecule has 160 valence electrons. The Kier molecular flexibility index (Phi) is 7.56. The maximum absolute atomic E-state index is 12.6. The normalized spacial score (nSPS) is 13.3. The van der Waals surface area contributed by atoms with Crippen LogP contribution in [0.3, 0.4) is 0 Å². The predicted octanol–water partition coefficient (Wildman–Crippen LogP) is 2.52. The molecule has 0 spiro atoms. The highest BCUT2D eigenvalue weighted by molar-refractivity contribution is 7.89. The largest absolute Gasteiger partial charge is 0.444 e. The number of ether oxygens (including phenoxy) is 1. The first-order valence-electron chi connectivity index (χ1n) is 9.47. The van der Waals surface area contributed by atoms with Crippen LogP contribution in [0.25, 0.3) is 10.8 Å². The first kappa shape index (κ1) is 23.1. The summed E-state index contributed by atoms with van der Waals surface area (Å²) in [5, 5.41) is 11.1. The minimum Gasteiger partial charge on any atom is -0.444 e. The van der Waals surface area contributed by atoms with E-state index in [1.54, 1.807) is 58.3 Å². The van der Waals surface area contributed by atoms with Crippen LogP contribution in [0.5, 0.6) is 0 Å². The molecule has 2 rings (SSSR count). The second-order valence-corrected chi connectivity index (χ2v) is 9.65. The molecule has 0 aliphatic carbocycles. The molecule has 1 aromatic heterocycles. The van der Waals surface area contributed by atoms with Crippen molar-refractivity contribution in [3.05, 3.63) is 36.7 Å². The molecule has 0 radical (unpaired) electrons. The van der Waals surface area contributed by atoms with Crippen molar-refractivity contribution in [2.24, 2.45) is 0 Å². The van der Waals surface area contributed by atoms with Gasteiger partial charge in [0.25, 0.3) is 0 Å². The van der Waals surface area contributed by atoms with Gasteiger partial charge in [-0.3, -0.25) is 4.98 Å². The molecule has 0 bridgehead atoms. The zero-order chi connectivity index (χ0) is 21.7. The Bertz CT molecular complexity index is 939. The molecule has 1 heterocycles. The van der Waals surface area contributed by atoms with E-state index in [-0.39, 0.29) is 24.5 Å². The van der Waals surface area contributed by atoms with E-state index in [0.29, 0.717) is 6.42 Å². The highest BCUT2D eigenvalue weighted by Gasteiger charge is 2.23. The minimum absolute atomic E-state index is 0.0236. The molecular formula is C20H29N3O5S. The van der Waals surface area contributed by atoms with Crippen LogP contribution in [0, 0.1) is 0 Å². The summed E-state index contributed by atoms with van der Waals surface area (Å²) in [5.74, 6) is 0. The van der Waals surface area contributed by atoms with Crippen molar-refractivity contribution < 1.29 is 23.1 Å². The number of carbonyl (C=O) groups excluding carboxylic acids is 1. The van der Waals surface area contributed by atoms with Gasteiger partial charge in [0.2, 0.25) is 10.0 Å². The Morgan fingerprint density at radius 3 is 2.62 bits per heavy atom. The number of fused-ring (bicyclic) bond motifs is 1. The van der Waals surface area contributed by atoms with Gasteiger partial charge in [0.05, 0.1) is 11.0 Å². The number of amides is 1. The lowest BCUT2D eigenvalue weighted by atomic mass is 10.2. The molecule has 0 aliphatic rings. The fraction of sp³-hybridized carbons (Fsp3) is 0.500. The van der Waals surface area contributed by atoms with E-state index in [9.17, 15) is 18.3 Å². The van der Waals surface area contributed by atoms with Gasteiger partial charge in [0.15, 0.2) is 0 Å². The molecule has 1 aromatic carbocycles. The highest BCUT2D eigenvalue weighted by Crippen LogP contribution is 2.18. The lowest BCUT2D eigenvalue weighted by Crippen LogP contribution is -2.42. The SMILES string of the molecule is CC(O)CCN(CCNS(=O)(=O)c1ccc2cnccc2c1)C(=O)OC(C)(C)C. The minimum atomic E-state index is -3.74. The van der Waals surface area contributed by atoms with E-state index in [1.807, 2.05) is 0 Å². The summed E-state index contributed by atoms with van der Waals surface area (Å²) in [6.45, 7) is 7.32. The number of sulfonamides is 1. The van der Waals surface area contributed by atoms with Gasteiger partial charge < -0.3 is 14.7 Å². The van der Waals surface area contributed by atoms with Crippen LogP contribution in [0.1, 0.15) is 34.1 Å². The number of nitrogens with one attached hydrogen (secondary N) is 1. The van der Waals surface area contributed by atoms with E-state index in [2.05, 4.69) is 9.71 Å². The summed E-state index contributed by atoms with van der Waals surface area (Å²) in [5.41, 5.74) is -0.667. The van der Waals surface area contributed by atoms with Crippen molar-refractivity contribution in [1.82, 2.24) is 14.6 Å². The summed E-state index contributed by atoms with van der Waals surface area (Å²) in [4.78, 5) is 17.9. The monoisotopic (exact) mass is 423 g/mol. The van der Waals surface area contributed by atoms with E-state index < -0.39 is 27.8 Å². The Morgan fingerprint density at radius 1 is 1.24 bits per heavy atom. The first-order chi connectivity index (χ1) is 13.5. The number of rotatable bonds is 8. The molecule has 29 heavy (non-hydrogen) atoms. The van der Waals surface area contributed by atoms with Gasteiger partial charge in [-0.05, 0) is 57.7 Å². The molecular weight excluding hydrogens is 394 g/mol. The van der Waals surface area contributed by atoms with Gasteiger partial charge in [-0.15, -0.1) is 0 Å². The van der Waals surface area contributed by atoms with Crippen LogP contribution < -0.4 is 4.72 Å². The van der Waals surface area contributed by atoms with Crippen LogP contribution >= 0.6 is 0 Å². The number of aliphatic hydroxyl groups is 1. The van der Waals surface area contributed by atoms with Crippen LogP contribution in [0.15, 0.2) is 41.6 Å².